The van der Waals surface area contributed by atoms with Gasteiger partial charge in [0.15, 0.2) is 5.16 Å². The zero-order valence-electron chi connectivity index (χ0n) is 12.8. The molecule has 23 heavy (non-hydrogen) atoms. The van der Waals surface area contributed by atoms with E-state index in [1.165, 1.54) is 18.7 Å². The van der Waals surface area contributed by atoms with Crippen LogP contribution in [-0.2, 0) is 16.6 Å². The third kappa shape index (κ3) is 5.11. The second kappa shape index (κ2) is 7.80. The van der Waals surface area contributed by atoms with Crippen molar-refractivity contribution in [2.45, 2.75) is 23.1 Å². The van der Waals surface area contributed by atoms with E-state index in [0.717, 1.165) is 10.1 Å². The largest absolute Gasteiger partial charge is 0.392 e. The number of aliphatic hydroxyl groups is 1. The molecule has 1 atom stereocenters. The summed E-state index contributed by atoms with van der Waals surface area (Å²) in [5.74, 6) is -1.55. The van der Waals surface area contributed by atoms with Crippen molar-refractivity contribution in [3.05, 3.63) is 36.7 Å². The number of benzene rings is 1. The molecule has 2 aromatic rings. The zero-order valence-corrected chi connectivity index (χ0v) is 13.6. The van der Waals surface area contributed by atoms with Crippen molar-refractivity contribution in [2.24, 2.45) is 7.05 Å². The number of aryl methyl sites for hydroxylation is 1. The number of aromatic nitrogens is 2. The van der Waals surface area contributed by atoms with Crippen LogP contribution in [0.5, 0.6) is 0 Å². The Hall–Kier alpha value is -2.32. The number of anilines is 1. The van der Waals surface area contributed by atoms with E-state index in [1.54, 1.807) is 18.3 Å². The molecule has 0 bridgehead atoms. The van der Waals surface area contributed by atoms with Crippen LogP contribution in [0.4, 0.5) is 5.69 Å². The molecule has 0 radical (unpaired) electrons. The van der Waals surface area contributed by atoms with Gasteiger partial charge in [-0.05, 0) is 31.2 Å². The first-order chi connectivity index (χ1) is 11.0. The quantitative estimate of drug-likeness (QED) is 0.709. The van der Waals surface area contributed by atoms with Gasteiger partial charge in [-0.3, -0.25) is 9.59 Å². The summed E-state index contributed by atoms with van der Waals surface area (Å²) in [5.41, 5.74) is 0.520. The fourth-order valence-electron chi connectivity index (χ4n) is 1.67. The van der Waals surface area contributed by atoms with Gasteiger partial charge in [0.1, 0.15) is 0 Å². The average Bonchev–Trinajstić information content (AvgIpc) is 2.92. The fourth-order valence-corrected chi connectivity index (χ4v) is 2.47. The minimum atomic E-state index is -0.780. The van der Waals surface area contributed by atoms with Gasteiger partial charge >= 0.3 is 11.8 Å². The van der Waals surface area contributed by atoms with E-state index in [9.17, 15) is 9.59 Å². The van der Waals surface area contributed by atoms with Crippen molar-refractivity contribution in [1.82, 2.24) is 14.9 Å². The Balaban J connectivity index is 1.91. The molecule has 7 nitrogen and oxygen atoms in total. The lowest BCUT2D eigenvalue weighted by Gasteiger charge is -2.08. The lowest BCUT2D eigenvalue weighted by atomic mass is 10.3. The highest BCUT2D eigenvalue weighted by Crippen LogP contribution is 2.26. The lowest BCUT2D eigenvalue weighted by Crippen LogP contribution is -2.38. The Labute approximate surface area is 138 Å². The van der Waals surface area contributed by atoms with Crippen LogP contribution in [0, 0.1) is 0 Å². The molecule has 2 amide bonds. The van der Waals surface area contributed by atoms with Gasteiger partial charge in [0.05, 0.1) is 6.10 Å². The summed E-state index contributed by atoms with van der Waals surface area (Å²) in [5, 5.41) is 14.8. The SMILES string of the molecule is CC(O)CNC(=O)C(=O)Nc1ccc(Sc2nccn2C)cc1. The number of carbonyl (C=O) groups excluding carboxylic acids is 2. The van der Waals surface area contributed by atoms with Crippen LogP contribution >= 0.6 is 11.8 Å². The molecule has 1 heterocycles. The number of rotatable bonds is 5. The maximum absolute atomic E-state index is 11.7. The van der Waals surface area contributed by atoms with Gasteiger partial charge in [-0.2, -0.15) is 0 Å². The third-order valence-electron chi connectivity index (χ3n) is 2.86. The van der Waals surface area contributed by atoms with Gasteiger partial charge in [-0.1, -0.05) is 11.8 Å². The molecule has 8 heteroatoms. The second-order valence-electron chi connectivity index (χ2n) is 4.96. The summed E-state index contributed by atoms with van der Waals surface area (Å²) in [7, 11) is 1.91. The second-order valence-corrected chi connectivity index (χ2v) is 6.00. The summed E-state index contributed by atoms with van der Waals surface area (Å²) < 4.78 is 1.91. The first-order valence-electron chi connectivity index (χ1n) is 6.98. The maximum Gasteiger partial charge on any atom is 0.313 e. The molecule has 0 saturated carbocycles. The van der Waals surface area contributed by atoms with E-state index in [-0.39, 0.29) is 6.54 Å². The van der Waals surface area contributed by atoms with Crippen LogP contribution in [-0.4, -0.2) is 39.1 Å². The van der Waals surface area contributed by atoms with Crippen LogP contribution < -0.4 is 10.6 Å². The monoisotopic (exact) mass is 334 g/mol. The van der Waals surface area contributed by atoms with Gasteiger partial charge in [-0.15, -0.1) is 0 Å². The molecule has 0 aliphatic carbocycles. The smallest absolute Gasteiger partial charge is 0.313 e. The van der Waals surface area contributed by atoms with Crippen molar-refractivity contribution in [3.63, 3.8) is 0 Å². The Kier molecular flexibility index (Phi) is 5.78. The van der Waals surface area contributed by atoms with Gasteiger partial charge in [0, 0.05) is 36.6 Å². The van der Waals surface area contributed by atoms with Gasteiger partial charge in [-0.25, -0.2) is 4.98 Å². The Bertz CT molecular complexity index is 682. The molecule has 0 saturated heterocycles. The number of hydrogen-bond acceptors (Lipinski definition) is 5. The van der Waals surface area contributed by atoms with Crippen LogP contribution in [0.25, 0.3) is 0 Å². The van der Waals surface area contributed by atoms with E-state index in [0.29, 0.717) is 5.69 Å². The molecule has 3 N–H and O–H groups in total. The highest BCUT2D eigenvalue weighted by molar-refractivity contribution is 7.99. The molecule has 0 fully saturated rings. The molecule has 2 rings (SSSR count). The number of carbonyl (C=O) groups is 2. The van der Waals surface area contributed by atoms with Crippen molar-refractivity contribution in [1.29, 1.82) is 0 Å². The molecule has 0 aliphatic heterocycles. The minimum Gasteiger partial charge on any atom is -0.392 e. The number of nitrogens with one attached hydrogen (secondary N) is 2. The first-order valence-corrected chi connectivity index (χ1v) is 7.80. The van der Waals surface area contributed by atoms with Crippen LogP contribution in [0.1, 0.15) is 6.92 Å². The van der Waals surface area contributed by atoms with Crippen LogP contribution in [0.2, 0.25) is 0 Å². The van der Waals surface area contributed by atoms with Crippen LogP contribution in [0.3, 0.4) is 0 Å². The topological polar surface area (TPSA) is 96.2 Å². The predicted molar refractivity (Wildman–Crippen MR) is 87.1 cm³/mol. The average molecular weight is 334 g/mol. The summed E-state index contributed by atoms with van der Waals surface area (Å²) in [6.45, 7) is 1.56. The zero-order chi connectivity index (χ0) is 16.8. The van der Waals surface area contributed by atoms with E-state index in [1.807, 2.05) is 29.9 Å². The molecule has 1 aromatic heterocycles. The van der Waals surface area contributed by atoms with Crippen molar-refractivity contribution < 1.29 is 14.7 Å². The molecule has 0 spiro atoms. The Morgan fingerprint density at radius 3 is 2.57 bits per heavy atom. The molecule has 0 aliphatic rings. The fraction of sp³-hybridized carbons (Fsp3) is 0.267. The number of hydrogen-bond donors (Lipinski definition) is 3. The van der Waals surface area contributed by atoms with Crippen molar-refractivity contribution >= 4 is 29.3 Å². The predicted octanol–water partition coefficient (Wildman–Crippen LogP) is 1.01. The molecular formula is C15H18N4O3S. The summed E-state index contributed by atoms with van der Waals surface area (Å²) >= 11 is 1.50. The molecule has 1 unspecified atom stereocenters. The van der Waals surface area contributed by atoms with E-state index in [4.69, 9.17) is 5.11 Å². The molecular weight excluding hydrogens is 316 g/mol. The van der Waals surface area contributed by atoms with Crippen molar-refractivity contribution in [2.75, 3.05) is 11.9 Å². The van der Waals surface area contributed by atoms with Gasteiger partial charge in [0.2, 0.25) is 0 Å². The number of nitrogens with zero attached hydrogens (tertiary/aromatic N) is 2. The summed E-state index contributed by atoms with van der Waals surface area (Å²) in [6, 6.07) is 7.10. The molecule has 122 valence electrons. The van der Waals surface area contributed by atoms with E-state index >= 15 is 0 Å². The summed E-state index contributed by atoms with van der Waals surface area (Å²) in [4.78, 5) is 28.4. The first kappa shape index (κ1) is 17.0. The third-order valence-corrected chi connectivity index (χ3v) is 3.95. The minimum absolute atomic E-state index is 0.0332. The molecule has 1 aromatic carbocycles. The number of imidazole rings is 1. The normalized spacial score (nSPS) is 11.8. The van der Waals surface area contributed by atoms with E-state index < -0.39 is 17.9 Å². The highest BCUT2D eigenvalue weighted by Gasteiger charge is 2.14. The number of amides is 2. The standard InChI is InChI=1S/C15H18N4O3S/c1-10(20)9-17-13(21)14(22)18-11-3-5-12(6-4-11)23-15-16-7-8-19(15)2/h3-8,10,20H,9H2,1-2H3,(H,17,21)(H,18,22). The Morgan fingerprint density at radius 2 is 2.00 bits per heavy atom. The highest BCUT2D eigenvalue weighted by atomic mass is 32.2. The van der Waals surface area contributed by atoms with Gasteiger partial charge < -0.3 is 20.3 Å². The van der Waals surface area contributed by atoms with Crippen LogP contribution in [0.15, 0.2) is 46.7 Å². The maximum atomic E-state index is 11.7. The summed E-state index contributed by atoms with van der Waals surface area (Å²) in [6.07, 6.45) is 2.89. The Morgan fingerprint density at radius 1 is 1.30 bits per heavy atom. The van der Waals surface area contributed by atoms with Crippen molar-refractivity contribution in [3.8, 4) is 0 Å². The lowest BCUT2D eigenvalue weighted by molar-refractivity contribution is -0.136. The number of aliphatic hydroxyl groups excluding tert-OH is 1. The van der Waals surface area contributed by atoms with E-state index in [2.05, 4.69) is 15.6 Å². The van der Waals surface area contributed by atoms with Gasteiger partial charge in [0.25, 0.3) is 0 Å².